The van der Waals surface area contributed by atoms with Crippen LogP contribution in [-0.4, -0.2) is 12.2 Å². The fraction of sp³-hybridized carbons (Fsp3) is 0.250. The number of aliphatic hydroxyl groups excluding tert-OH is 1. The molecule has 0 unspecified atom stereocenters. The summed E-state index contributed by atoms with van der Waals surface area (Å²) in [7, 11) is 1.60. The summed E-state index contributed by atoms with van der Waals surface area (Å²) in [6.45, 7) is 2.52. The van der Waals surface area contributed by atoms with Crippen LogP contribution in [0.4, 0.5) is 0 Å². The Morgan fingerprint density at radius 2 is 1.84 bits per heavy atom. The molecular formula is C16H18O3. The lowest BCUT2D eigenvalue weighted by atomic mass is 10.1. The minimum atomic E-state index is -0.00913. The summed E-state index contributed by atoms with van der Waals surface area (Å²) in [5, 5.41) is 9.15. The van der Waals surface area contributed by atoms with Crippen LogP contribution in [0.5, 0.6) is 11.5 Å². The largest absolute Gasteiger partial charge is 0.493 e. The Hall–Kier alpha value is -2.00. The fourth-order valence-corrected chi connectivity index (χ4v) is 1.90. The lowest BCUT2D eigenvalue weighted by Crippen LogP contribution is -1.99. The first kappa shape index (κ1) is 13.4. The number of aryl methyl sites for hydroxylation is 1. The van der Waals surface area contributed by atoms with E-state index in [1.165, 1.54) is 5.56 Å². The Labute approximate surface area is 113 Å². The van der Waals surface area contributed by atoms with Crippen molar-refractivity contribution in [2.24, 2.45) is 0 Å². The first-order valence-corrected chi connectivity index (χ1v) is 6.19. The van der Waals surface area contributed by atoms with E-state index in [0.29, 0.717) is 18.1 Å². The van der Waals surface area contributed by atoms with E-state index in [1.54, 1.807) is 19.2 Å². The SMILES string of the molecule is COc1ccc(CO)cc1OCc1cccc(C)c1. The lowest BCUT2D eigenvalue weighted by molar-refractivity contribution is 0.271. The number of ether oxygens (including phenoxy) is 2. The molecule has 0 radical (unpaired) electrons. The van der Waals surface area contributed by atoms with Crippen molar-refractivity contribution in [1.29, 1.82) is 0 Å². The summed E-state index contributed by atoms with van der Waals surface area (Å²) in [4.78, 5) is 0. The third-order valence-electron chi connectivity index (χ3n) is 2.89. The second-order valence-corrected chi connectivity index (χ2v) is 4.42. The molecule has 3 heteroatoms. The molecule has 0 aliphatic rings. The van der Waals surface area contributed by atoms with E-state index in [-0.39, 0.29) is 6.61 Å². The average molecular weight is 258 g/mol. The van der Waals surface area contributed by atoms with Gasteiger partial charge in [0, 0.05) is 0 Å². The van der Waals surface area contributed by atoms with Gasteiger partial charge in [-0.15, -0.1) is 0 Å². The maximum Gasteiger partial charge on any atom is 0.162 e. The van der Waals surface area contributed by atoms with Crippen LogP contribution in [0.3, 0.4) is 0 Å². The summed E-state index contributed by atoms with van der Waals surface area (Å²) >= 11 is 0. The van der Waals surface area contributed by atoms with E-state index in [2.05, 4.69) is 19.1 Å². The Kier molecular flexibility index (Phi) is 4.42. The van der Waals surface area contributed by atoms with Gasteiger partial charge in [-0.2, -0.15) is 0 Å². The summed E-state index contributed by atoms with van der Waals surface area (Å²) in [6, 6.07) is 13.6. The Bertz CT molecular complexity index is 549. The van der Waals surface area contributed by atoms with Gasteiger partial charge in [-0.1, -0.05) is 35.9 Å². The number of hydrogen-bond acceptors (Lipinski definition) is 3. The van der Waals surface area contributed by atoms with Crippen LogP contribution in [0.1, 0.15) is 16.7 Å². The maximum atomic E-state index is 9.15. The number of benzene rings is 2. The van der Waals surface area contributed by atoms with Crippen molar-refractivity contribution in [3.8, 4) is 11.5 Å². The van der Waals surface area contributed by atoms with Crippen LogP contribution in [0.2, 0.25) is 0 Å². The molecule has 0 aliphatic carbocycles. The first-order chi connectivity index (χ1) is 9.22. The molecule has 3 nitrogen and oxygen atoms in total. The van der Waals surface area contributed by atoms with E-state index < -0.39 is 0 Å². The van der Waals surface area contributed by atoms with Crippen molar-refractivity contribution in [2.45, 2.75) is 20.1 Å². The molecule has 0 spiro atoms. The highest BCUT2D eigenvalue weighted by Crippen LogP contribution is 2.28. The standard InChI is InChI=1S/C16H18O3/c1-12-4-3-5-14(8-12)11-19-16-9-13(10-17)6-7-15(16)18-2/h3-9,17H,10-11H2,1-2H3. The smallest absolute Gasteiger partial charge is 0.162 e. The lowest BCUT2D eigenvalue weighted by Gasteiger charge is -2.12. The predicted molar refractivity (Wildman–Crippen MR) is 74.4 cm³/mol. The Morgan fingerprint density at radius 3 is 2.53 bits per heavy atom. The molecule has 0 saturated heterocycles. The van der Waals surface area contributed by atoms with Crippen molar-refractivity contribution in [3.05, 3.63) is 59.2 Å². The van der Waals surface area contributed by atoms with Crippen LogP contribution in [-0.2, 0) is 13.2 Å². The second-order valence-electron chi connectivity index (χ2n) is 4.42. The quantitative estimate of drug-likeness (QED) is 0.895. The zero-order chi connectivity index (χ0) is 13.7. The average Bonchev–Trinajstić information content (AvgIpc) is 2.45. The first-order valence-electron chi connectivity index (χ1n) is 6.19. The van der Waals surface area contributed by atoms with Crippen molar-refractivity contribution < 1.29 is 14.6 Å². The van der Waals surface area contributed by atoms with Gasteiger partial charge in [0.25, 0.3) is 0 Å². The highest BCUT2D eigenvalue weighted by atomic mass is 16.5. The number of methoxy groups -OCH3 is 1. The maximum absolute atomic E-state index is 9.15. The molecule has 0 aromatic heterocycles. The van der Waals surface area contributed by atoms with Gasteiger partial charge in [-0.25, -0.2) is 0 Å². The third-order valence-corrected chi connectivity index (χ3v) is 2.89. The molecule has 100 valence electrons. The molecule has 0 aliphatic heterocycles. The predicted octanol–water partition coefficient (Wildman–Crippen LogP) is 3.07. The van der Waals surface area contributed by atoms with E-state index in [0.717, 1.165) is 11.1 Å². The molecule has 0 atom stereocenters. The summed E-state index contributed by atoms with van der Waals surface area (Å²) < 4.78 is 11.0. The molecular weight excluding hydrogens is 240 g/mol. The van der Waals surface area contributed by atoms with Crippen LogP contribution in [0.25, 0.3) is 0 Å². The third kappa shape index (κ3) is 3.48. The van der Waals surface area contributed by atoms with Crippen LogP contribution < -0.4 is 9.47 Å². The normalized spacial score (nSPS) is 10.3. The summed E-state index contributed by atoms with van der Waals surface area (Å²) in [5.74, 6) is 1.32. The highest BCUT2D eigenvalue weighted by Gasteiger charge is 2.06. The minimum Gasteiger partial charge on any atom is -0.493 e. The van der Waals surface area contributed by atoms with E-state index in [9.17, 15) is 0 Å². The van der Waals surface area contributed by atoms with Crippen molar-refractivity contribution in [1.82, 2.24) is 0 Å². The van der Waals surface area contributed by atoms with E-state index in [4.69, 9.17) is 14.6 Å². The zero-order valence-electron chi connectivity index (χ0n) is 11.2. The van der Waals surface area contributed by atoms with Gasteiger partial charge in [0.1, 0.15) is 6.61 Å². The van der Waals surface area contributed by atoms with Gasteiger partial charge in [0.2, 0.25) is 0 Å². The highest BCUT2D eigenvalue weighted by molar-refractivity contribution is 5.43. The van der Waals surface area contributed by atoms with E-state index >= 15 is 0 Å². The molecule has 0 saturated carbocycles. The summed E-state index contributed by atoms with van der Waals surface area (Å²) in [5.41, 5.74) is 3.12. The summed E-state index contributed by atoms with van der Waals surface area (Å²) in [6.07, 6.45) is 0. The topological polar surface area (TPSA) is 38.7 Å². The molecule has 19 heavy (non-hydrogen) atoms. The van der Waals surface area contributed by atoms with Gasteiger partial charge in [0.15, 0.2) is 11.5 Å². The number of hydrogen-bond donors (Lipinski definition) is 1. The van der Waals surface area contributed by atoms with Crippen molar-refractivity contribution in [2.75, 3.05) is 7.11 Å². The van der Waals surface area contributed by atoms with Crippen LogP contribution >= 0.6 is 0 Å². The van der Waals surface area contributed by atoms with E-state index in [1.807, 2.05) is 18.2 Å². The van der Waals surface area contributed by atoms with Crippen molar-refractivity contribution >= 4 is 0 Å². The van der Waals surface area contributed by atoms with Gasteiger partial charge in [0.05, 0.1) is 13.7 Å². The second kappa shape index (κ2) is 6.25. The van der Waals surface area contributed by atoms with Crippen LogP contribution in [0.15, 0.2) is 42.5 Å². The van der Waals surface area contributed by atoms with Crippen molar-refractivity contribution in [3.63, 3.8) is 0 Å². The molecule has 2 rings (SSSR count). The molecule has 2 aromatic carbocycles. The molecule has 0 fully saturated rings. The van der Waals surface area contributed by atoms with Gasteiger partial charge >= 0.3 is 0 Å². The van der Waals surface area contributed by atoms with Crippen LogP contribution in [0, 0.1) is 6.92 Å². The minimum absolute atomic E-state index is 0.00913. The fourth-order valence-electron chi connectivity index (χ4n) is 1.90. The Morgan fingerprint density at radius 1 is 1.00 bits per heavy atom. The van der Waals surface area contributed by atoms with Gasteiger partial charge in [-0.05, 0) is 30.2 Å². The number of aliphatic hydroxyl groups is 1. The number of rotatable bonds is 5. The molecule has 0 bridgehead atoms. The monoisotopic (exact) mass is 258 g/mol. The van der Waals surface area contributed by atoms with Gasteiger partial charge in [-0.3, -0.25) is 0 Å². The molecule has 1 N–H and O–H groups in total. The van der Waals surface area contributed by atoms with Gasteiger partial charge < -0.3 is 14.6 Å². The molecule has 2 aromatic rings. The molecule has 0 heterocycles. The molecule has 0 amide bonds. The zero-order valence-corrected chi connectivity index (χ0v) is 11.2. The Balaban J connectivity index is 2.14.